The van der Waals surface area contributed by atoms with E-state index in [0.29, 0.717) is 23.7 Å². The Labute approximate surface area is 191 Å². The molecule has 0 radical (unpaired) electrons. The van der Waals surface area contributed by atoms with E-state index in [0.717, 1.165) is 41.9 Å². The van der Waals surface area contributed by atoms with Crippen molar-refractivity contribution < 1.29 is 28.5 Å². The SMILES string of the molecule is O=C1Oc2cc3c(cc2C1c1ccccc1)OC(=O)C3c1ccc(OCC2CCCO2)cc1. The molecule has 3 heterocycles. The molecule has 33 heavy (non-hydrogen) atoms. The molecule has 0 spiro atoms. The molecule has 0 N–H and O–H groups in total. The molecule has 0 saturated carbocycles. The number of hydrogen-bond donors (Lipinski definition) is 0. The van der Waals surface area contributed by atoms with Crippen LogP contribution in [-0.2, 0) is 14.3 Å². The zero-order valence-corrected chi connectivity index (χ0v) is 17.9. The molecule has 6 rings (SSSR count). The van der Waals surface area contributed by atoms with Gasteiger partial charge >= 0.3 is 11.9 Å². The van der Waals surface area contributed by atoms with Gasteiger partial charge in [0.15, 0.2) is 0 Å². The van der Waals surface area contributed by atoms with Crippen molar-refractivity contribution in [1.82, 2.24) is 0 Å². The quantitative estimate of drug-likeness (QED) is 0.432. The van der Waals surface area contributed by atoms with Gasteiger partial charge in [-0.2, -0.15) is 0 Å². The van der Waals surface area contributed by atoms with Crippen LogP contribution >= 0.6 is 0 Å². The second-order valence-corrected chi connectivity index (χ2v) is 8.56. The molecule has 0 bridgehead atoms. The molecule has 0 aromatic heterocycles. The maximum absolute atomic E-state index is 12.8. The Kier molecular flexibility index (Phi) is 4.88. The van der Waals surface area contributed by atoms with Gasteiger partial charge in [-0.1, -0.05) is 42.5 Å². The summed E-state index contributed by atoms with van der Waals surface area (Å²) < 4.78 is 22.6. The fraction of sp³-hybridized carbons (Fsp3) is 0.259. The first kappa shape index (κ1) is 20.0. The van der Waals surface area contributed by atoms with Crippen molar-refractivity contribution >= 4 is 11.9 Å². The van der Waals surface area contributed by atoms with Crippen LogP contribution in [0, 0.1) is 0 Å². The van der Waals surface area contributed by atoms with Crippen LogP contribution in [0.2, 0.25) is 0 Å². The lowest BCUT2D eigenvalue weighted by Crippen LogP contribution is -2.16. The van der Waals surface area contributed by atoms with Gasteiger partial charge in [-0.05, 0) is 48.2 Å². The Bertz CT molecular complexity index is 1210. The molecule has 3 aromatic rings. The molecule has 3 atom stereocenters. The van der Waals surface area contributed by atoms with Crippen LogP contribution in [0.25, 0.3) is 0 Å². The lowest BCUT2D eigenvalue weighted by atomic mass is 9.88. The Hall–Kier alpha value is -3.64. The van der Waals surface area contributed by atoms with Crippen molar-refractivity contribution in [3.8, 4) is 17.2 Å². The Morgan fingerprint density at radius 2 is 1.39 bits per heavy atom. The molecule has 3 aliphatic heterocycles. The normalized spacial score (nSPS) is 23.1. The van der Waals surface area contributed by atoms with Gasteiger partial charge in [0.2, 0.25) is 0 Å². The van der Waals surface area contributed by atoms with Crippen LogP contribution in [0.4, 0.5) is 0 Å². The minimum Gasteiger partial charge on any atom is -0.491 e. The lowest BCUT2D eigenvalue weighted by molar-refractivity contribution is -0.133. The smallest absolute Gasteiger partial charge is 0.323 e. The van der Waals surface area contributed by atoms with Gasteiger partial charge < -0.3 is 18.9 Å². The largest absolute Gasteiger partial charge is 0.491 e. The maximum atomic E-state index is 12.8. The van der Waals surface area contributed by atoms with E-state index in [1.807, 2.05) is 54.6 Å². The van der Waals surface area contributed by atoms with Gasteiger partial charge in [-0.15, -0.1) is 0 Å². The number of hydrogen-bond acceptors (Lipinski definition) is 6. The first-order valence-corrected chi connectivity index (χ1v) is 11.2. The Morgan fingerprint density at radius 1 is 0.788 bits per heavy atom. The number of benzene rings is 3. The fourth-order valence-corrected chi connectivity index (χ4v) is 4.81. The molecule has 1 fully saturated rings. The minimum absolute atomic E-state index is 0.144. The van der Waals surface area contributed by atoms with E-state index in [4.69, 9.17) is 18.9 Å². The summed E-state index contributed by atoms with van der Waals surface area (Å²) in [6, 6.07) is 20.5. The van der Waals surface area contributed by atoms with E-state index < -0.39 is 11.8 Å². The van der Waals surface area contributed by atoms with Crippen molar-refractivity contribution in [2.24, 2.45) is 0 Å². The molecule has 1 saturated heterocycles. The average Bonchev–Trinajstić information content (AvgIpc) is 3.53. The van der Waals surface area contributed by atoms with Gasteiger partial charge in [0.1, 0.15) is 35.7 Å². The lowest BCUT2D eigenvalue weighted by Gasteiger charge is -2.13. The van der Waals surface area contributed by atoms with Gasteiger partial charge in [0, 0.05) is 17.7 Å². The standard InChI is InChI=1S/C27H22O6/c28-26-24(16-5-2-1-3-6-16)20-13-23-21(14-22(20)32-26)25(27(29)33-23)17-8-10-18(11-9-17)31-15-19-7-4-12-30-19/h1-3,5-6,8-11,13-14,19,24-25H,4,7,12,15H2. The maximum Gasteiger partial charge on any atom is 0.323 e. The van der Waals surface area contributed by atoms with E-state index in [-0.39, 0.29) is 18.0 Å². The summed E-state index contributed by atoms with van der Waals surface area (Å²) in [6.07, 6.45) is 2.23. The molecule has 6 heteroatoms. The summed E-state index contributed by atoms with van der Waals surface area (Å²) in [5, 5.41) is 0. The second kappa shape index (κ2) is 8.05. The number of carbonyl (C=O) groups excluding carboxylic acids is 2. The number of fused-ring (bicyclic) bond motifs is 2. The van der Waals surface area contributed by atoms with E-state index in [1.54, 1.807) is 12.1 Å². The molecule has 166 valence electrons. The minimum atomic E-state index is -0.577. The number of ether oxygens (including phenoxy) is 4. The van der Waals surface area contributed by atoms with Crippen molar-refractivity contribution in [2.45, 2.75) is 30.8 Å². The summed E-state index contributed by atoms with van der Waals surface area (Å²) in [5.74, 6) is -0.0835. The third-order valence-electron chi connectivity index (χ3n) is 6.46. The number of carbonyl (C=O) groups is 2. The van der Waals surface area contributed by atoms with Crippen molar-refractivity contribution in [3.63, 3.8) is 0 Å². The van der Waals surface area contributed by atoms with Gasteiger partial charge in [0.25, 0.3) is 0 Å². The summed E-state index contributed by atoms with van der Waals surface area (Å²) in [4.78, 5) is 25.4. The average molecular weight is 442 g/mol. The van der Waals surface area contributed by atoms with Crippen molar-refractivity contribution in [2.75, 3.05) is 13.2 Å². The van der Waals surface area contributed by atoms with E-state index in [9.17, 15) is 9.59 Å². The molecule has 0 amide bonds. The first-order chi connectivity index (χ1) is 16.2. The molecule has 6 nitrogen and oxygen atoms in total. The highest BCUT2D eigenvalue weighted by Gasteiger charge is 2.41. The van der Waals surface area contributed by atoms with Crippen LogP contribution < -0.4 is 14.2 Å². The molecule has 0 aliphatic carbocycles. The predicted octanol–water partition coefficient (Wildman–Crippen LogP) is 4.35. The fourth-order valence-electron chi connectivity index (χ4n) is 4.81. The van der Waals surface area contributed by atoms with Gasteiger partial charge in [0.05, 0.1) is 6.10 Å². The van der Waals surface area contributed by atoms with Crippen LogP contribution in [-0.4, -0.2) is 31.3 Å². The monoisotopic (exact) mass is 442 g/mol. The van der Waals surface area contributed by atoms with E-state index >= 15 is 0 Å². The first-order valence-electron chi connectivity index (χ1n) is 11.2. The zero-order chi connectivity index (χ0) is 22.4. The topological polar surface area (TPSA) is 71.1 Å². The molecule has 3 aromatic carbocycles. The van der Waals surface area contributed by atoms with E-state index in [2.05, 4.69) is 0 Å². The molecular formula is C27H22O6. The van der Waals surface area contributed by atoms with Crippen LogP contribution in [0.15, 0.2) is 66.7 Å². The van der Waals surface area contributed by atoms with Crippen molar-refractivity contribution in [1.29, 1.82) is 0 Å². The van der Waals surface area contributed by atoms with Crippen molar-refractivity contribution in [3.05, 3.63) is 89.0 Å². The molecule has 3 unspecified atom stereocenters. The van der Waals surface area contributed by atoms with Crippen LogP contribution in [0.1, 0.15) is 46.9 Å². The highest BCUT2D eigenvalue weighted by Crippen LogP contribution is 2.48. The van der Waals surface area contributed by atoms with Gasteiger partial charge in [-0.25, -0.2) is 0 Å². The van der Waals surface area contributed by atoms with Crippen LogP contribution in [0.3, 0.4) is 0 Å². The summed E-state index contributed by atoms with van der Waals surface area (Å²) >= 11 is 0. The van der Waals surface area contributed by atoms with Crippen LogP contribution in [0.5, 0.6) is 17.2 Å². The Balaban J connectivity index is 1.27. The van der Waals surface area contributed by atoms with Gasteiger partial charge in [-0.3, -0.25) is 9.59 Å². The highest BCUT2D eigenvalue weighted by molar-refractivity contribution is 5.93. The number of esters is 2. The summed E-state index contributed by atoms with van der Waals surface area (Å²) in [6.45, 7) is 1.31. The Morgan fingerprint density at radius 3 is 1.97 bits per heavy atom. The summed E-state index contributed by atoms with van der Waals surface area (Å²) in [7, 11) is 0. The zero-order valence-electron chi connectivity index (χ0n) is 17.9. The predicted molar refractivity (Wildman–Crippen MR) is 119 cm³/mol. The summed E-state index contributed by atoms with van der Waals surface area (Å²) in [5.41, 5.74) is 3.07. The molecule has 3 aliphatic rings. The second-order valence-electron chi connectivity index (χ2n) is 8.56. The molecular weight excluding hydrogens is 420 g/mol. The van der Waals surface area contributed by atoms with E-state index in [1.165, 1.54) is 0 Å². The third-order valence-corrected chi connectivity index (χ3v) is 6.46. The third kappa shape index (κ3) is 3.56. The highest BCUT2D eigenvalue weighted by atomic mass is 16.6. The number of rotatable bonds is 5.